The largest absolute Gasteiger partial charge is 0.478 e. The van der Waals surface area contributed by atoms with E-state index >= 15 is 0 Å². The standard InChI is InChI=1S/C19H23N3O2/c1-12(2)22-8-7-16(11-22)18-10-17(20-13(3)21-18)14-5-4-6-15(9-14)19(23)24/h4-6,9-10,12,16H,7-8,11H2,1-3H3,(H,23,24)/t16-/m1/s1. The van der Waals surface area contributed by atoms with Crippen molar-refractivity contribution in [2.24, 2.45) is 0 Å². The summed E-state index contributed by atoms with van der Waals surface area (Å²) in [5, 5.41) is 9.18. The van der Waals surface area contributed by atoms with Gasteiger partial charge >= 0.3 is 5.97 Å². The second kappa shape index (κ2) is 6.69. The van der Waals surface area contributed by atoms with Crippen molar-refractivity contribution in [3.05, 3.63) is 47.4 Å². The number of carboxylic acids is 1. The topological polar surface area (TPSA) is 66.3 Å². The molecule has 2 heterocycles. The quantitative estimate of drug-likeness (QED) is 0.934. The van der Waals surface area contributed by atoms with Crippen molar-refractivity contribution in [1.29, 1.82) is 0 Å². The molecule has 1 aromatic carbocycles. The number of likely N-dealkylation sites (tertiary alicyclic amines) is 1. The number of aryl methyl sites for hydroxylation is 1. The normalized spacial score (nSPS) is 18.2. The predicted octanol–water partition coefficient (Wildman–Crippen LogP) is 3.35. The summed E-state index contributed by atoms with van der Waals surface area (Å²) in [5.41, 5.74) is 2.95. The first-order valence-electron chi connectivity index (χ1n) is 8.37. The van der Waals surface area contributed by atoms with Crippen LogP contribution in [0.15, 0.2) is 30.3 Å². The van der Waals surface area contributed by atoms with Crippen LogP contribution in [-0.2, 0) is 0 Å². The van der Waals surface area contributed by atoms with Crippen LogP contribution >= 0.6 is 0 Å². The van der Waals surface area contributed by atoms with Crippen molar-refractivity contribution in [3.63, 3.8) is 0 Å². The second-order valence-corrected chi connectivity index (χ2v) is 6.69. The molecular formula is C19H23N3O2. The molecule has 0 amide bonds. The van der Waals surface area contributed by atoms with Gasteiger partial charge in [0.1, 0.15) is 5.82 Å². The van der Waals surface area contributed by atoms with E-state index in [2.05, 4.69) is 28.7 Å². The maximum absolute atomic E-state index is 11.2. The second-order valence-electron chi connectivity index (χ2n) is 6.69. The van der Waals surface area contributed by atoms with E-state index < -0.39 is 5.97 Å². The van der Waals surface area contributed by atoms with E-state index in [9.17, 15) is 9.90 Å². The molecule has 1 aliphatic rings. The fourth-order valence-corrected chi connectivity index (χ4v) is 3.26. The Morgan fingerprint density at radius 1 is 1.29 bits per heavy atom. The smallest absolute Gasteiger partial charge is 0.335 e. The van der Waals surface area contributed by atoms with Gasteiger partial charge in [0.05, 0.1) is 11.3 Å². The van der Waals surface area contributed by atoms with Gasteiger partial charge in [-0.3, -0.25) is 0 Å². The van der Waals surface area contributed by atoms with E-state index in [1.165, 1.54) is 0 Å². The number of benzene rings is 1. The SMILES string of the molecule is Cc1nc(-c2cccc(C(=O)O)c2)cc([C@@H]2CCN(C(C)C)C2)n1. The summed E-state index contributed by atoms with van der Waals surface area (Å²) in [7, 11) is 0. The lowest BCUT2D eigenvalue weighted by molar-refractivity contribution is 0.0697. The minimum absolute atomic E-state index is 0.275. The molecule has 1 aliphatic heterocycles. The van der Waals surface area contributed by atoms with E-state index in [1.54, 1.807) is 18.2 Å². The molecule has 1 N–H and O–H groups in total. The van der Waals surface area contributed by atoms with Gasteiger partial charge in [0.25, 0.3) is 0 Å². The number of aromatic nitrogens is 2. The molecule has 2 aromatic rings. The molecule has 5 nitrogen and oxygen atoms in total. The average Bonchev–Trinajstić information content (AvgIpc) is 3.05. The third kappa shape index (κ3) is 3.46. The molecule has 0 bridgehead atoms. The molecule has 0 unspecified atom stereocenters. The van der Waals surface area contributed by atoms with Gasteiger partial charge in [0.2, 0.25) is 0 Å². The number of carbonyl (C=O) groups is 1. The third-order valence-electron chi connectivity index (χ3n) is 4.63. The average molecular weight is 325 g/mol. The van der Waals surface area contributed by atoms with Crippen molar-refractivity contribution in [1.82, 2.24) is 14.9 Å². The number of hydrogen-bond acceptors (Lipinski definition) is 4. The van der Waals surface area contributed by atoms with Crippen LogP contribution < -0.4 is 0 Å². The fraction of sp³-hybridized carbons (Fsp3) is 0.421. The van der Waals surface area contributed by atoms with Crippen molar-refractivity contribution in [2.75, 3.05) is 13.1 Å². The Balaban J connectivity index is 1.92. The predicted molar refractivity (Wildman–Crippen MR) is 93.2 cm³/mol. The van der Waals surface area contributed by atoms with Crippen molar-refractivity contribution < 1.29 is 9.90 Å². The monoisotopic (exact) mass is 325 g/mol. The Bertz CT molecular complexity index is 758. The maximum Gasteiger partial charge on any atom is 0.335 e. The first-order chi connectivity index (χ1) is 11.4. The minimum atomic E-state index is -0.925. The van der Waals surface area contributed by atoms with Gasteiger partial charge in [-0.1, -0.05) is 12.1 Å². The lowest BCUT2D eigenvalue weighted by Gasteiger charge is -2.20. The molecular weight excluding hydrogens is 302 g/mol. The number of rotatable bonds is 4. The maximum atomic E-state index is 11.2. The molecule has 0 spiro atoms. The highest BCUT2D eigenvalue weighted by Gasteiger charge is 2.27. The van der Waals surface area contributed by atoms with Crippen LogP contribution in [0.3, 0.4) is 0 Å². The van der Waals surface area contributed by atoms with Crippen LogP contribution in [0.25, 0.3) is 11.3 Å². The van der Waals surface area contributed by atoms with E-state index in [4.69, 9.17) is 0 Å². The molecule has 0 radical (unpaired) electrons. The van der Waals surface area contributed by atoms with Crippen molar-refractivity contribution in [3.8, 4) is 11.3 Å². The summed E-state index contributed by atoms with van der Waals surface area (Å²) in [6.45, 7) is 8.44. The van der Waals surface area contributed by atoms with Crippen LogP contribution in [-0.4, -0.2) is 45.1 Å². The summed E-state index contributed by atoms with van der Waals surface area (Å²) in [6, 6.07) is 9.48. The number of hydrogen-bond donors (Lipinski definition) is 1. The highest BCUT2D eigenvalue weighted by atomic mass is 16.4. The fourth-order valence-electron chi connectivity index (χ4n) is 3.26. The van der Waals surface area contributed by atoms with Gasteiger partial charge in [0.15, 0.2) is 0 Å². The van der Waals surface area contributed by atoms with Gasteiger partial charge in [-0.05, 0) is 51.9 Å². The van der Waals surface area contributed by atoms with Gasteiger partial charge in [-0.25, -0.2) is 14.8 Å². The summed E-state index contributed by atoms with van der Waals surface area (Å²) in [6.07, 6.45) is 1.10. The lowest BCUT2D eigenvalue weighted by Crippen LogP contribution is -2.28. The zero-order valence-corrected chi connectivity index (χ0v) is 14.4. The molecule has 24 heavy (non-hydrogen) atoms. The number of carboxylic acid groups (broad SMARTS) is 1. The summed E-state index contributed by atoms with van der Waals surface area (Å²) >= 11 is 0. The molecule has 1 aromatic heterocycles. The highest BCUT2D eigenvalue weighted by Crippen LogP contribution is 2.29. The molecule has 1 atom stereocenters. The van der Waals surface area contributed by atoms with Crippen molar-refractivity contribution in [2.45, 2.75) is 39.2 Å². The zero-order chi connectivity index (χ0) is 17.3. The van der Waals surface area contributed by atoms with E-state index in [-0.39, 0.29) is 5.56 Å². The van der Waals surface area contributed by atoms with Crippen LogP contribution in [0.2, 0.25) is 0 Å². The molecule has 0 saturated carbocycles. The summed E-state index contributed by atoms with van der Waals surface area (Å²) in [5.74, 6) is 0.216. The van der Waals surface area contributed by atoms with Crippen LogP contribution in [0.5, 0.6) is 0 Å². The van der Waals surface area contributed by atoms with Crippen molar-refractivity contribution >= 4 is 5.97 Å². The van der Waals surface area contributed by atoms with E-state index in [1.807, 2.05) is 19.1 Å². The van der Waals surface area contributed by atoms with Gasteiger partial charge in [0, 0.05) is 29.8 Å². The molecule has 1 fully saturated rings. The Hall–Kier alpha value is -2.27. The van der Waals surface area contributed by atoms with Gasteiger partial charge in [-0.15, -0.1) is 0 Å². The third-order valence-corrected chi connectivity index (χ3v) is 4.63. The summed E-state index contributed by atoms with van der Waals surface area (Å²) < 4.78 is 0. The Kier molecular flexibility index (Phi) is 4.62. The Labute approximate surface area is 142 Å². The number of aromatic carboxylic acids is 1. The lowest BCUT2D eigenvalue weighted by atomic mass is 10.0. The zero-order valence-electron chi connectivity index (χ0n) is 14.4. The molecule has 5 heteroatoms. The molecule has 3 rings (SSSR count). The van der Waals surface area contributed by atoms with E-state index in [0.29, 0.717) is 12.0 Å². The molecule has 126 valence electrons. The van der Waals surface area contributed by atoms with Crippen LogP contribution in [0.4, 0.5) is 0 Å². The molecule has 1 saturated heterocycles. The van der Waals surface area contributed by atoms with Crippen LogP contribution in [0, 0.1) is 6.92 Å². The minimum Gasteiger partial charge on any atom is -0.478 e. The first-order valence-corrected chi connectivity index (χ1v) is 8.37. The highest BCUT2D eigenvalue weighted by molar-refractivity contribution is 5.89. The van der Waals surface area contributed by atoms with Gasteiger partial charge < -0.3 is 10.0 Å². The number of nitrogens with zero attached hydrogens (tertiary/aromatic N) is 3. The summed E-state index contributed by atoms with van der Waals surface area (Å²) in [4.78, 5) is 22.8. The molecule has 0 aliphatic carbocycles. The first kappa shape index (κ1) is 16.6. The van der Waals surface area contributed by atoms with Gasteiger partial charge in [-0.2, -0.15) is 0 Å². The Morgan fingerprint density at radius 2 is 2.08 bits per heavy atom. The Morgan fingerprint density at radius 3 is 2.75 bits per heavy atom. The van der Waals surface area contributed by atoms with E-state index in [0.717, 1.165) is 42.3 Å². The van der Waals surface area contributed by atoms with Crippen LogP contribution in [0.1, 0.15) is 48.1 Å².